The van der Waals surface area contributed by atoms with E-state index in [1.807, 2.05) is 0 Å². The number of halogens is 3. The minimum absolute atomic E-state index is 0.0146. The highest BCUT2D eigenvalue weighted by Crippen LogP contribution is 2.32. The van der Waals surface area contributed by atoms with E-state index in [0.717, 1.165) is 12.8 Å². The van der Waals surface area contributed by atoms with Crippen LogP contribution in [0.25, 0.3) is 0 Å². The van der Waals surface area contributed by atoms with Crippen LogP contribution in [0.15, 0.2) is 0 Å². The molecule has 1 aliphatic rings. The second-order valence-corrected chi connectivity index (χ2v) is 3.47. The van der Waals surface area contributed by atoms with Crippen molar-refractivity contribution in [3.05, 3.63) is 0 Å². The Hall–Kier alpha value is -0.780. The molecule has 0 radical (unpaired) electrons. The van der Waals surface area contributed by atoms with Gasteiger partial charge < -0.3 is 10.4 Å². The number of nitrogens with one attached hydrogen (secondary N) is 1. The molecular formula is C8H12F3NO2. The van der Waals surface area contributed by atoms with Crippen LogP contribution in [0, 0.1) is 5.92 Å². The molecule has 6 heteroatoms. The fraction of sp³-hybridized carbons (Fsp3) is 0.875. The van der Waals surface area contributed by atoms with Gasteiger partial charge in [0.15, 0.2) is 0 Å². The third kappa shape index (κ3) is 3.95. The van der Waals surface area contributed by atoms with Crippen LogP contribution in [0.5, 0.6) is 0 Å². The summed E-state index contributed by atoms with van der Waals surface area (Å²) in [4.78, 5) is 10.6. The number of aliphatic carboxylic acids is 1. The van der Waals surface area contributed by atoms with Crippen LogP contribution in [0.1, 0.15) is 19.3 Å². The fourth-order valence-electron chi connectivity index (χ4n) is 1.25. The smallest absolute Gasteiger partial charge is 0.390 e. The average Bonchev–Trinajstić information content (AvgIpc) is 2.77. The zero-order valence-electron chi connectivity index (χ0n) is 7.47. The van der Waals surface area contributed by atoms with Gasteiger partial charge in [-0.05, 0) is 18.8 Å². The first-order chi connectivity index (χ1) is 6.40. The van der Waals surface area contributed by atoms with Crippen LogP contribution in [-0.4, -0.2) is 29.8 Å². The van der Waals surface area contributed by atoms with E-state index in [1.165, 1.54) is 0 Å². The zero-order valence-corrected chi connectivity index (χ0v) is 7.47. The molecule has 1 saturated carbocycles. The zero-order chi connectivity index (χ0) is 10.8. The molecule has 82 valence electrons. The first-order valence-corrected chi connectivity index (χ1v) is 4.43. The molecule has 0 heterocycles. The molecule has 0 amide bonds. The molecule has 1 aliphatic carbocycles. The van der Waals surface area contributed by atoms with Crippen LogP contribution in [0.3, 0.4) is 0 Å². The average molecular weight is 211 g/mol. The predicted octanol–water partition coefficient (Wildman–Crippen LogP) is 1.39. The third-order valence-electron chi connectivity index (χ3n) is 2.13. The Morgan fingerprint density at radius 3 is 2.43 bits per heavy atom. The molecule has 1 unspecified atom stereocenters. The number of carbonyl (C=O) groups is 1. The van der Waals surface area contributed by atoms with Crippen molar-refractivity contribution in [3.63, 3.8) is 0 Å². The van der Waals surface area contributed by atoms with Crippen molar-refractivity contribution in [2.24, 2.45) is 5.92 Å². The molecule has 14 heavy (non-hydrogen) atoms. The van der Waals surface area contributed by atoms with Crippen molar-refractivity contribution >= 4 is 5.97 Å². The largest absolute Gasteiger partial charge is 0.480 e. The molecular weight excluding hydrogens is 199 g/mol. The fourth-order valence-corrected chi connectivity index (χ4v) is 1.25. The summed E-state index contributed by atoms with van der Waals surface area (Å²) in [6.07, 6.45) is -3.63. The minimum atomic E-state index is -4.22. The number of carboxylic acids is 1. The molecule has 0 aromatic heterocycles. The lowest BCUT2D eigenvalue weighted by Gasteiger charge is -2.14. The molecule has 0 bridgehead atoms. The normalized spacial score (nSPS) is 19.4. The number of hydrogen-bond acceptors (Lipinski definition) is 2. The van der Waals surface area contributed by atoms with Gasteiger partial charge in [-0.25, -0.2) is 0 Å². The van der Waals surface area contributed by atoms with Crippen molar-refractivity contribution in [2.75, 3.05) is 6.54 Å². The standard InChI is InChI=1S/C8H12F3NO2/c9-8(10,11)3-4-12-6(7(13)14)5-1-2-5/h5-6,12H,1-4H2,(H,13,14). The van der Waals surface area contributed by atoms with Gasteiger partial charge in [-0.3, -0.25) is 4.79 Å². The molecule has 1 rings (SSSR count). The van der Waals surface area contributed by atoms with Gasteiger partial charge in [0.25, 0.3) is 0 Å². The summed E-state index contributed by atoms with van der Waals surface area (Å²) in [6, 6.07) is -0.808. The molecule has 1 fully saturated rings. The molecule has 0 saturated heterocycles. The van der Waals surface area contributed by atoms with Gasteiger partial charge in [0.1, 0.15) is 6.04 Å². The first kappa shape index (κ1) is 11.3. The van der Waals surface area contributed by atoms with Crippen LogP contribution in [-0.2, 0) is 4.79 Å². The van der Waals surface area contributed by atoms with E-state index in [4.69, 9.17) is 5.11 Å². The molecule has 0 aliphatic heterocycles. The molecule has 2 N–H and O–H groups in total. The van der Waals surface area contributed by atoms with E-state index < -0.39 is 24.6 Å². The van der Waals surface area contributed by atoms with E-state index in [-0.39, 0.29) is 12.5 Å². The summed E-state index contributed by atoms with van der Waals surface area (Å²) in [6.45, 7) is -0.322. The lowest BCUT2D eigenvalue weighted by Crippen LogP contribution is -2.40. The Morgan fingerprint density at radius 1 is 1.50 bits per heavy atom. The minimum Gasteiger partial charge on any atom is -0.480 e. The number of carboxylic acid groups (broad SMARTS) is 1. The van der Waals surface area contributed by atoms with Gasteiger partial charge in [-0.15, -0.1) is 0 Å². The molecule has 0 spiro atoms. The maximum Gasteiger partial charge on any atom is 0.390 e. The topological polar surface area (TPSA) is 49.3 Å². The number of rotatable bonds is 5. The van der Waals surface area contributed by atoms with Crippen molar-refractivity contribution in [1.29, 1.82) is 0 Å². The van der Waals surface area contributed by atoms with Gasteiger partial charge >= 0.3 is 12.1 Å². The summed E-state index contributed by atoms with van der Waals surface area (Å²) < 4.78 is 35.2. The monoisotopic (exact) mass is 211 g/mol. The maximum atomic E-state index is 11.7. The van der Waals surface area contributed by atoms with Crippen molar-refractivity contribution < 1.29 is 23.1 Å². The molecule has 1 atom stereocenters. The maximum absolute atomic E-state index is 11.7. The van der Waals surface area contributed by atoms with Gasteiger partial charge in [0, 0.05) is 6.54 Å². The summed E-state index contributed by atoms with van der Waals surface area (Å²) in [5.41, 5.74) is 0. The van der Waals surface area contributed by atoms with Crippen molar-refractivity contribution in [2.45, 2.75) is 31.5 Å². The number of alkyl halides is 3. The summed E-state index contributed by atoms with van der Waals surface area (Å²) in [5, 5.41) is 11.1. The van der Waals surface area contributed by atoms with Gasteiger partial charge in [-0.1, -0.05) is 0 Å². The van der Waals surface area contributed by atoms with Crippen LogP contribution in [0.2, 0.25) is 0 Å². The Morgan fingerprint density at radius 2 is 2.07 bits per heavy atom. The lowest BCUT2D eigenvalue weighted by atomic mass is 10.2. The Bertz CT molecular complexity index is 213. The second kappa shape index (κ2) is 4.16. The second-order valence-electron chi connectivity index (χ2n) is 3.47. The highest BCUT2D eigenvalue weighted by atomic mass is 19.4. The predicted molar refractivity (Wildman–Crippen MR) is 42.8 cm³/mol. The van der Waals surface area contributed by atoms with E-state index in [0.29, 0.717) is 0 Å². The number of hydrogen-bond donors (Lipinski definition) is 2. The van der Waals surface area contributed by atoms with E-state index in [2.05, 4.69) is 5.32 Å². The highest BCUT2D eigenvalue weighted by Gasteiger charge is 2.36. The third-order valence-corrected chi connectivity index (χ3v) is 2.13. The summed E-state index contributed by atoms with van der Waals surface area (Å²) in [5.74, 6) is -1.05. The summed E-state index contributed by atoms with van der Waals surface area (Å²) in [7, 11) is 0. The molecule has 3 nitrogen and oxygen atoms in total. The van der Waals surface area contributed by atoms with E-state index >= 15 is 0 Å². The first-order valence-electron chi connectivity index (χ1n) is 4.43. The van der Waals surface area contributed by atoms with Crippen LogP contribution in [0.4, 0.5) is 13.2 Å². The lowest BCUT2D eigenvalue weighted by molar-refractivity contribution is -0.143. The van der Waals surface area contributed by atoms with Crippen molar-refractivity contribution in [1.82, 2.24) is 5.32 Å². The van der Waals surface area contributed by atoms with Gasteiger partial charge in [-0.2, -0.15) is 13.2 Å². The molecule has 0 aromatic rings. The Labute approximate surface area is 79.3 Å². The van der Waals surface area contributed by atoms with Crippen LogP contribution >= 0.6 is 0 Å². The van der Waals surface area contributed by atoms with Crippen LogP contribution < -0.4 is 5.32 Å². The van der Waals surface area contributed by atoms with E-state index in [9.17, 15) is 18.0 Å². The SMILES string of the molecule is O=C(O)C(NCCC(F)(F)F)C1CC1. The Kier molecular flexibility index (Phi) is 3.36. The van der Waals surface area contributed by atoms with Crippen molar-refractivity contribution in [3.8, 4) is 0 Å². The summed E-state index contributed by atoms with van der Waals surface area (Å²) >= 11 is 0. The Balaban J connectivity index is 2.24. The van der Waals surface area contributed by atoms with E-state index in [1.54, 1.807) is 0 Å². The van der Waals surface area contributed by atoms with Gasteiger partial charge in [0.05, 0.1) is 6.42 Å². The van der Waals surface area contributed by atoms with Gasteiger partial charge in [0.2, 0.25) is 0 Å². The quantitative estimate of drug-likeness (QED) is 0.722. The molecule has 0 aromatic carbocycles. The highest BCUT2D eigenvalue weighted by molar-refractivity contribution is 5.74.